The van der Waals surface area contributed by atoms with Crippen molar-refractivity contribution in [1.82, 2.24) is 15.0 Å². The average Bonchev–Trinajstić information content (AvgIpc) is 2.88. The Labute approximate surface area is 161 Å². The van der Waals surface area contributed by atoms with Gasteiger partial charge in [0.1, 0.15) is 17.1 Å². The number of hydrogen-bond donors (Lipinski definition) is 2. The SMILES string of the molecule is Cc1sc2ncn(CC(=O)NN=Cc3cc(Br)ccc3O)c(=O)c2c1C. The Kier molecular flexibility index (Phi) is 5.19. The van der Waals surface area contributed by atoms with Gasteiger partial charge in [0.15, 0.2) is 0 Å². The van der Waals surface area contributed by atoms with Crippen molar-refractivity contribution in [3.05, 3.63) is 55.4 Å². The Morgan fingerprint density at radius 1 is 1.46 bits per heavy atom. The fourth-order valence-corrected chi connectivity index (χ4v) is 3.74. The number of carbonyl (C=O) groups excluding carboxylic acids is 1. The van der Waals surface area contributed by atoms with E-state index < -0.39 is 5.91 Å². The Bertz CT molecular complexity index is 1090. The van der Waals surface area contributed by atoms with Crippen LogP contribution in [0.2, 0.25) is 0 Å². The summed E-state index contributed by atoms with van der Waals surface area (Å²) in [5.74, 6) is -0.427. The van der Waals surface area contributed by atoms with Gasteiger partial charge >= 0.3 is 0 Å². The molecule has 0 aliphatic carbocycles. The van der Waals surface area contributed by atoms with Gasteiger partial charge in [-0.05, 0) is 37.6 Å². The molecule has 0 aliphatic rings. The lowest BCUT2D eigenvalue weighted by Crippen LogP contribution is -2.30. The van der Waals surface area contributed by atoms with Crippen molar-refractivity contribution in [2.24, 2.45) is 5.10 Å². The van der Waals surface area contributed by atoms with Gasteiger partial charge < -0.3 is 5.11 Å². The first-order chi connectivity index (χ1) is 12.4. The third-order valence-corrected chi connectivity index (χ3v) is 5.46. The average molecular weight is 435 g/mol. The maximum absolute atomic E-state index is 12.5. The Morgan fingerprint density at radius 2 is 2.23 bits per heavy atom. The molecule has 26 heavy (non-hydrogen) atoms. The number of aromatic nitrogens is 2. The number of amides is 1. The quantitative estimate of drug-likeness (QED) is 0.487. The predicted molar refractivity (Wildman–Crippen MR) is 105 cm³/mol. The molecule has 0 bridgehead atoms. The normalized spacial score (nSPS) is 11.3. The number of benzene rings is 1. The highest BCUT2D eigenvalue weighted by Gasteiger charge is 2.13. The lowest BCUT2D eigenvalue weighted by molar-refractivity contribution is -0.121. The number of hydrogen-bond acceptors (Lipinski definition) is 6. The second kappa shape index (κ2) is 7.38. The molecule has 7 nitrogen and oxygen atoms in total. The standard InChI is InChI=1S/C17H15BrN4O3S/c1-9-10(2)26-16-15(9)17(25)22(8-19-16)7-14(24)21-20-6-11-5-12(18)3-4-13(11)23/h3-6,8,23H,7H2,1-2H3,(H,21,24). The number of aromatic hydroxyl groups is 1. The van der Waals surface area contributed by atoms with Crippen molar-refractivity contribution in [3.63, 3.8) is 0 Å². The molecule has 2 aromatic heterocycles. The molecule has 9 heteroatoms. The number of phenols is 1. The molecule has 134 valence electrons. The van der Waals surface area contributed by atoms with Crippen LogP contribution < -0.4 is 11.0 Å². The van der Waals surface area contributed by atoms with Crippen LogP contribution in [0.25, 0.3) is 10.2 Å². The van der Waals surface area contributed by atoms with Crippen LogP contribution in [0.5, 0.6) is 5.75 Å². The number of fused-ring (bicyclic) bond motifs is 1. The summed E-state index contributed by atoms with van der Waals surface area (Å²) in [7, 11) is 0. The molecule has 3 aromatic rings. The monoisotopic (exact) mass is 434 g/mol. The lowest BCUT2D eigenvalue weighted by Gasteiger charge is -2.04. The molecule has 2 heterocycles. The summed E-state index contributed by atoms with van der Waals surface area (Å²) in [4.78, 5) is 30.6. The summed E-state index contributed by atoms with van der Waals surface area (Å²) in [5, 5.41) is 14.1. The van der Waals surface area contributed by atoms with E-state index in [2.05, 4.69) is 31.4 Å². The molecule has 0 saturated heterocycles. The van der Waals surface area contributed by atoms with E-state index in [-0.39, 0.29) is 17.9 Å². The van der Waals surface area contributed by atoms with E-state index in [1.54, 1.807) is 12.1 Å². The van der Waals surface area contributed by atoms with Gasteiger partial charge in [0.2, 0.25) is 0 Å². The molecular formula is C17H15BrN4O3S. The fraction of sp³-hybridized carbons (Fsp3) is 0.176. The van der Waals surface area contributed by atoms with Gasteiger partial charge in [-0.2, -0.15) is 5.10 Å². The molecule has 0 radical (unpaired) electrons. The van der Waals surface area contributed by atoms with Gasteiger partial charge in [-0.25, -0.2) is 10.4 Å². The summed E-state index contributed by atoms with van der Waals surface area (Å²) >= 11 is 4.75. The van der Waals surface area contributed by atoms with E-state index >= 15 is 0 Å². The Morgan fingerprint density at radius 3 is 3.00 bits per heavy atom. The summed E-state index contributed by atoms with van der Waals surface area (Å²) < 4.78 is 2.03. The van der Waals surface area contributed by atoms with Crippen molar-refractivity contribution in [3.8, 4) is 5.75 Å². The first kappa shape index (κ1) is 18.3. The molecule has 0 atom stereocenters. The van der Waals surface area contributed by atoms with Crippen molar-refractivity contribution in [1.29, 1.82) is 0 Å². The second-order valence-electron chi connectivity index (χ2n) is 5.64. The van der Waals surface area contributed by atoms with E-state index in [9.17, 15) is 14.7 Å². The molecule has 0 fully saturated rings. The fourth-order valence-electron chi connectivity index (χ4n) is 2.38. The van der Waals surface area contributed by atoms with Gasteiger partial charge in [-0.3, -0.25) is 14.2 Å². The van der Waals surface area contributed by atoms with Crippen LogP contribution in [0.1, 0.15) is 16.0 Å². The van der Waals surface area contributed by atoms with Crippen molar-refractivity contribution in [2.75, 3.05) is 0 Å². The van der Waals surface area contributed by atoms with Gasteiger partial charge in [0.05, 0.1) is 17.9 Å². The Balaban J connectivity index is 1.74. The van der Waals surface area contributed by atoms with E-state index in [1.807, 2.05) is 13.8 Å². The molecule has 2 N–H and O–H groups in total. The number of aryl methyl sites for hydroxylation is 2. The first-order valence-electron chi connectivity index (χ1n) is 7.62. The number of phenolic OH excluding ortho intramolecular Hbond substituents is 1. The molecule has 3 rings (SSSR count). The summed E-state index contributed by atoms with van der Waals surface area (Å²) in [6, 6.07) is 4.86. The summed E-state index contributed by atoms with van der Waals surface area (Å²) in [6.45, 7) is 3.61. The van der Waals surface area contributed by atoms with E-state index in [0.29, 0.717) is 15.8 Å². The zero-order valence-corrected chi connectivity index (χ0v) is 16.4. The van der Waals surface area contributed by atoms with Crippen LogP contribution in [-0.4, -0.2) is 26.8 Å². The molecular weight excluding hydrogens is 420 g/mol. The van der Waals surface area contributed by atoms with Crippen molar-refractivity contribution >= 4 is 49.6 Å². The molecule has 1 amide bonds. The minimum absolute atomic E-state index is 0.0420. The van der Waals surface area contributed by atoms with E-state index in [1.165, 1.54) is 34.5 Å². The highest BCUT2D eigenvalue weighted by Crippen LogP contribution is 2.25. The maximum atomic E-state index is 12.5. The zero-order chi connectivity index (χ0) is 18.8. The van der Waals surface area contributed by atoms with Gasteiger partial charge in [0.25, 0.3) is 11.5 Å². The van der Waals surface area contributed by atoms with Gasteiger partial charge in [-0.1, -0.05) is 15.9 Å². The number of carbonyl (C=O) groups is 1. The van der Waals surface area contributed by atoms with E-state index in [4.69, 9.17) is 0 Å². The van der Waals surface area contributed by atoms with Crippen LogP contribution in [0.4, 0.5) is 0 Å². The van der Waals surface area contributed by atoms with Crippen LogP contribution in [0, 0.1) is 13.8 Å². The highest BCUT2D eigenvalue weighted by atomic mass is 79.9. The second-order valence-corrected chi connectivity index (χ2v) is 7.76. The molecule has 0 saturated carbocycles. The topological polar surface area (TPSA) is 96.6 Å². The number of nitrogens with zero attached hydrogens (tertiary/aromatic N) is 3. The minimum atomic E-state index is -0.469. The molecule has 0 aliphatic heterocycles. The van der Waals surface area contributed by atoms with Crippen molar-refractivity contribution < 1.29 is 9.90 Å². The van der Waals surface area contributed by atoms with Gasteiger partial charge in [-0.15, -0.1) is 11.3 Å². The number of rotatable bonds is 4. The molecule has 1 aromatic carbocycles. The number of thiophene rings is 1. The summed E-state index contributed by atoms with van der Waals surface area (Å²) in [6.07, 6.45) is 2.69. The number of hydrazone groups is 1. The maximum Gasteiger partial charge on any atom is 0.262 e. The molecule has 0 unspecified atom stereocenters. The lowest BCUT2D eigenvalue weighted by atomic mass is 10.2. The van der Waals surface area contributed by atoms with Crippen LogP contribution in [0.15, 0.2) is 38.9 Å². The van der Waals surface area contributed by atoms with Crippen LogP contribution >= 0.6 is 27.3 Å². The highest BCUT2D eigenvalue weighted by molar-refractivity contribution is 9.10. The number of halogens is 1. The first-order valence-corrected chi connectivity index (χ1v) is 9.23. The van der Waals surface area contributed by atoms with E-state index in [0.717, 1.165) is 14.9 Å². The Hall–Kier alpha value is -2.52. The smallest absolute Gasteiger partial charge is 0.262 e. The summed E-state index contributed by atoms with van der Waals surface area (Å²) in [5.41, 5.74) is 3.43. The van der Waals surface area contributed by atoms with Crippen LogP contribution in [0.3, 0.4) is 0 Å². The third-order valence-electron chi connectivity index (χ3n) is 3.85. The van der Waals surface area contributed by atoms with Gasteiger partial charge in [0, 0.05) is 14.9 Å². The third kappa shape index (κ3) is 3.68. The largest absolute Gasteiger partial charge is 0.507 e. The van der Waals surface area contributed by atoms with Crippen LogP contribution in [-0.2, 0) is 11.3 Å². The minimum Gasteiger partial charge on any atom is -0.507 e. The van der Waals surface area contributed by atoms with Crippen molar-refractivity contribution in [2.45, 2.75) is 20.4 Å². The number of nitrogens with one attached hydrogen (secondary N) is 1. The molecule has 0 spiro atoms. The predicted octanol–water partition coefficient (Wildman–Crippen LogP) is 2.69. The zero-order valence-electron chi connectivity index (χ0n) is 14.0.